The van der Waals surface area contributed by atoms with Gasteiger partial charge in [0.2, 0.25) is 0 Å². The molecule has 4 atom stereocenters. The van der Waals surface area contributed by atoms with Gasteiger partial charge in [-0.3, -0.25) is 4.79 Å². The molecule has 0 amide bonds. The van der Waals surface area contributed by atoms with Crippen LogP contribution in [0.5, 0.6) is 11.5 Å². The van der Waals surface area contributed by atoms with Crippen LogP contribution < -0.4 is 4.74 Å². The molecule has 0 radical (unpaired) electrons. The van der Waals surface area contributed by atoms with Crippen molar-refractivity contribution in [3.8, 4) is 11.5 Å². The van der Waals surface area contributed by atoms with Crippen molar-refractivity contribution in [2.75, 3.05) is 20.7 Å². The van der Waals surface area contributed by atoms with Gasteiger partial charge >= 0.3 is 0 Å². The third-order valence-electron chi connectivity index (χ3n) is 9.38. The molecule has 2 saturated carbocycles. The van der Waals surface area contributed by atoms with Crippen molar-refractivity contribution in [1.29, 1.82) is 0 Å². The predicted octanol–water partition coefficient (Wildman–Crippen LogP) is 4.74. The van der Waals surface area contributed by atoms with E-state index in [0.29, 0.717) is 24.0 Å². The number of carbonyl (C=O) groups is 1. The normalized spacial score (nSPS) is 34.7. The molecule has 0 spiro atoms. The number of allylic oxidation sites excluding steroid dienone is 2. The third kappa shape index (κ3) is 2.24. The molecular weight excluding hydrogens is 398 g/mol. The Balaban J connectivity index is 1.69. The Morgan fingerprint density at radius 2 is 1.94 bits per heavy atom. The van der Waals surface area contributed by atoms with Crippen LogP contribution in [-0.2, 0) is 16.6 Å². The molecule has 2 aromatic rings. The van der Waals surface area contributed by atoms with Crippen LogP contribution in [-0.4, -0.2) is 42.5 Å². The number of methoxy groups -OCH3 is 1. The van der Waals surface area contributed by atoms with Gasteiger partial charge in [-0.1, -0.05) is 42.0 Å². The Morgan fingerprint density at radius 1 is 1.16 bits per heavy atom. The molecule has 0 unspecified atom stereocenters. The summed E-state index contributed by atoms with van der Waals surface area (Å²) in [6.07, 6.45) is 4.40. The number of likely N-dealkylation sites (tertiary alicyclic amines) is 1. The lowest BCUT2D eigenvalue weighted by molar-refractivity contribution is -0.138. The maximum Gasteiger partial charge on any atom is 0.164 e. The number of fused-ring (bicyclic) bond motifs is 1. The Bertz CT molecular complexity index is 1150. The monoisotopic (exact) mass is 429 g/mol. The molecule has 4 aliphatic rings. The van der Waals surface area contributed by atoms with Crippen LogP contribution in [0.25, 0.3) is 5.57 Å². The maximum absolute atomic E-state index is 13.8. The van der Waals surface area contributed by atoms with E-state index in [1.165, 1.54) is 22.3 Å². The number of ketones is 1. The van der Waals surface area contributed by atoms with Crippen LogP contribution in [0, 0.1) is 11.3 Å². The number of nitrogens with zero attached hydrogens (tertiary/aromatic N) is 1. The molecule has 166 valence electrons. The summed E-state index contributed by atoms with van der Waals surface area (Å²) in [5, 5.41) is 10.8. The van der Waals surface area contributed by atoms with Crippen molar-refractivity contribution in [2.24, 2.45) is 11.3 Å². The number of ether oxygens (including phenoxy) is 1. The van der Waals surface area contributed by atoms with E-state index in [2.05, 4.69) is 49.2 Å². The number of benzene rings is 2. The van der Waals surface area contributed by atoms with Crippen molar-refractivity contribution in [2.45, 2.75) is 50.5 Å². The Hall–Kier alpha value is -2.59. The van der Waals surface area contributed by atoms with E-state index in [1.54, 1.807) is 13.2 Å². The van der Waals surface area contributed by atoms with Gasteiger partial charge < -0.3 is 14.7 Å². The van der Waals surface area contributed by atoms with Gasteiger partial charge in [-0.2, -0.15) is 0 Å². The van der Waals surface area contributed by atoms with Crippen LogP contribution in [0.15, 0.2) is 48.0 Å². The van der Waals surface area contributed by atoms with E-state index in [-0.39, 0.29) is 22.5 Å². The summed E-state index contributed by atoms with van der Waals surface area (Å²) in [6.45, 7) is 3.17. The minimum absolute atomic E-state index is 0.00196. The molecule has 3 fully saturated rings. The van der Waals surface area contributed by atoms with Crippen molar-refractivity contribution in [3.63, 3.8) is 0 Å². The van der Waals surface area contributed by atoms with Crippen molar-refractivity contribution in [1.82, 2.24) is 4.90 Å². The number of hydrogen-bond donors (Lipinski definition) is 1. The lowest BCUT2D eigenvalue weighted by atomic mass is 9.44. The molecule has 3 aliphatic carbocycles. The summed E-state index contributed by atoms with van der Waals surface area (Å²) < 4.78 is 5.85. The van der Waals surface area contributed by atoms with Crippen molar-refractivity contribution < 1.29 is 14.6 Å². The summed E-state index contributed by atoms with van der Waals surface area (Å²) in [6, 6.07) is 14.8. The molecule has 2 aromatic carbocycles. The highest BCUT2D eigenvalue weighted by Gasteiger charge is 2.73. The third-order valence-corrected chi connectivity index (χ3v) is 9.38. The van der Waals surface area contributed by atoms with Gasteiger partial charge in [-0.05, 0) is 69.0 Å². The molecule has 0 aromatic heterocycles. The first-order chi connectivity index (χ1) is 15.4. The van der Waals surface area contributed by atoms with E-state index in [4.69, 9.17) is 4.74 Å². The second kappa shape index (κ2) is 6.71. The van der Waals surface area contributed by atoms with Gasteiger partial charge in [0.25, 0.3) is 0 Å². The van der Waals surface area contributed by atoms with Gasteiger partial charge in [0.1, 0.15) is 5.78 Å². The number of phenolic OH excluding ortho intramolecular Hbond substituents is 1. The maximum atomic E-state index is 13.8. The Kier molecular flexibility index (Phi) is 4.20. The minimum Gasteiger partial charge on any atom is -0.504 e. The smallest absolute Gasteiger partial charge is 0.164 e. The van der Waals surface area contributed by atoms with E-state index in [0.717, 1.165) is 37.8 Å². The topological polar surface area (TPSA) is 49.8 Å². The van der Waals surface area contributed by atoms with Crippen molar-refractivity contribution >= 4 is 11.4 Å². The van der Waals surface area contributed by atoms with Crippen LogP contribution in [0.2, 0.25) is 0 Å². The van der Waals surface area contributed by atoms with Crippen LogP contribution in [0.3, 0.4) is 0 Å². The number of aromatic hydroxyl groups is 1. The number of Topliss-reactive ketones (excluding diaryl/α,β-unsaturated/α-hetero) is 1. The molecule has 4 heteroatoms. The Labute approximate surface area is 189 Å². The molecule has 1 saturated heterocycles. The summed E-state index contributed by atoms with van der Waals surface area (Å²) >= 11 is 0. The van der Waals surface area contributed by atoms with E-state index < -0.39 is 0 Å². The number of rotatable bonds is 2. The highest BCUT2D eigenvalue weighted by molar-refractivity contribution is 5.92. The first-order valence-electron chi connectivity index (χ1n) is 11.8. The molecule has 1 heterocycles. The lowest BCUT2D eigenvalue weighted by Crippen LogP contribution is -2.67. The van der Waals surface area contributed by atoms with Crippen LogP contribution >= 0.6 is 0 Å². The number of hydrogen-bond acceptors (Lipinski definition) is 4. The number of phenols is 1. The molecule has 32 heavy (non-hydrogen) atoms. The lowest BCUT2D eigenvalue weighted by Gasteiger charge is -2.64. The Morgan fingerprint density at radius 3 is 2.69 bits per heavy atom. The zero-order valence-electron chi connectivity index (χ0n) is 19.1. The van der Waals surface area contributed by atoms with Gasteiger partial charge in [0.15, 0.2) is 11.5 Å². The SMILES string of the molecule is COc1c(O)ccc2c1[C@]13CCN(C)[C@@H](C2)[C@]12CCC(=O)[C@@H]3/C(=C(\C)c1ccccc1)C2. The van der Waals surface area contributed by atoms with Crippen LogP contribution in [0.4, 0.5) is 0 Å². The van der Waals surface area contributed by atoms with E-state index in [1.807, 2.05) is 6.07 Å². The molecule has 1 N–H and O–H groups in total. The zero-order chi connectivity index (χ0) is 22.3. The molecule has 4 nitrogen and oxygen atoms in total. The first-order valence-corrected chi connectivity index (χ1v) is 11.8. The largest absolute Gasteiger partial charge is 0.504 e. The molecule has 6 rings (SSSR count). The predicted molar refractivity (Wildman–Crippen MR) is 125 cm³/mol. The van der Waals surface area contributed by atoms with Crippen LogP contribution in [0.1, 0.15) is 49.3 Å². The second-order valence-corrected chi connectivity index (χ2v) is 10.3. The average molecular weight is 430 g/mol. The fourth-order valence-electron chi connectivity index (χ4n) is 8.14. The highest BCUT2D eigenvalue weighted by Crippen LogP contribution is 2.74. The highest BCUT2D eigenvalue weighted by atomic mass is 16.5. The summed E-state index contributed by atoms with van der Waals surface area (Å²) in [4.78, 5) is 16.3. The summed E-state index contributed by atoms with van der Waals surface area (Å²) in [5.74, 6) is 1.01. The first kappa shape index (κ1) is 20.0. The van der Waals surface area contributed by atoms with Gasteiger partial charge in [-0.15, -0.1) is 0 Å². The molecular formula is C28H31NO3. The fraction of sp³-hybridized carbons (Fsp3) is 0.464. The van der Waals surface area contributed by atoms with E-state index in [9.17, 15) is 9.90 Å². The quantitative estimate of drug-likeness (QED) is 0.749. The van der Waals surface area contributed by atoms with Crippen molar-refractivity contribution in [3.05, 3.63) is 64.7 Å². The standard InChI is InChI=1S/C28H31NO3/c1-17(18-7-5-4-6-8-18)20-16-27-12-11-21(30)25(20)28(27)13-14-29(2)23(27)15-19-9-10-22(31)26(32-3)24(19)28/h4-10,23,25,31H,11-16H2,1-3H3/b20-17+/t23-,25-,27+,28-/m0/s1. The van der Waals surface area contributed by atoms with Gasteiger partial charge in [0.05, 0.1) is 7.11 Å². The number of likely N-dealkylation sites (N-methyl/N-ethyl adjacent to an activating group) is 1. The summed E-state index contributed by atoms with van der Waals surface area (Å²) in [7, 11) is 3.90. The number of piperidine rings is 1. The fourth-order valence-corrected chi connectivity index (χ4v) is 8.14. The van der Waals surface area contributed by atoms with E-state index >= 15 is 0 Å². The zero-order valence-corrected chi connectivity index (χ0v) is 19.1. The average Bonchev–Trinajstić information content (AvgIpc) is 3.04. The van der Waals surface area contributed by atoms with Gasteiger partial charge in [0, 0.05) is 34.8 Å². The molecule has 4 bridgehead atoms. The summed E-state index contributed by atoms with van der Waals surface area (Å²) in [5.41, 5.74) is 5.84. The molecule has 1 aliphatic heterocycles. The minimum atomic E-state index is -0.303. The number of carbonyl (C=O) groups excluding carboxylic acids is 1. The second-order valence-electron chi connectivity index (χ2n) is 10.3. The van der Waals surface area contributed by atoms with Gasteiger partial charge in [-0.25, -0.2) is 0 Å².